The van der Waals surface area contributed by atoms with E-state index in [1.807, 2.05) is 23.4 Å². The van der Waals surface area contributed by atoms with Gasteiger partial charge in [0.15, 0.2) is 11.5 Å². The number of hydrogen-bond donors (Lipinski definition) is 1. The summed E-state index contributed by atoms with van der Waals surface area (Å²) in [6, 6.07) is 6.15. The maximum Gasteiger partial charge on any atom is 0.231 e. The normalized spacial score (nSPS) is 22.4. The third kappa shape index (κ3) is 3.48. The number of benzene rings is 1. The van der Waals surface area contributed by atoms with Crippen molar-refractivity contribution < 1.29 is 14.3 Å². The number of hydrogen-bond acceptors (Lipinski definition) is 4. The number of piperidine rings is 1. The van der Waals surface area contributed by atoms with Crippen LogP contribution in [0, 0.1) is 5.41 Å². The van der Waals surface area contributed by atoms with Crippen molar-refractivity contribution in [2.75, 3.05) is 19.9 Å². The molecule has 2 aromatic rings. The van der Waals surface area contributed by atoms with Gasteiger partial charge in [-0.05, 0) is 47.9 Å². The van der Waals surface area contributed by atoms with Crippen LogP contribution in [0.4, 0.5) is 0 Å². The number of carbonyl (C=O) groups is 1. The second kappa shape index (κ2) is 6.43. The van der Waals surface area contributed by atoms with Crippen LogP contribution in [0.3, 0.4) is 0 Å². The number of nitrogens with one attached hydrogen (secondary N) is 1. The zero-order valence-electron chi connectivity index (χ0n) is 14.5. The average Bonchev–Trinajstić information content (AvgIpc) is 3.27. The van der Waals surface area contributed by atoms with E-state index < -0.39 is 0 Å². The molecule has 4 rings (SSSR count). The maximum atomic E-state index is 12.3. The summed E-state index contributed by atoms with van der Waals surface area (Å²) >= 11 is 0. The lowest BCUT2D eigenvalue weighted by atomic mass is 9.76. The lowest BCUT2D eigenvalue weighted by Gasteiger charge is -2.40. The minimum absolute atomic E-state index is 0.0814. The highest BCUT2D eigenvalue weighted by Crippen LogP contribution is 2.37. The van der Waals surface area contributed by atoms with Crippen molar-refractivity contribution in [1.82, 2.24) is 15.1 Å². The van der Waals surface area contributed by atoms with Crippen LogP contribution in [0.2, 0.25) is 0 Å². The molecular weight excluding hydrogens is 318 g/mol. The molecule has 0 aliphatic carbocycles. The van der Waals surface area contributed by atoms with E-state index in [1.165, 1.54) is 5.56 Å². The summed E-state index contributed by atoms with van der Waals surface area (Å²) in [4.78, 5) is 14.3. The Morgan fingerprint density at radius 2 is 2.16 bits per heavy atom. The van der Waals surface area contributed by atoms with Crippen LogP contribution >= 0.6 is 0 Å². The van der Waals surface area contributed by atoms with Crippen LogP contribution in [-0.2, 0) is 17.6 Å². The average molecular weight is 341 g/mol. The third-order valence-electron chi connectivity index (χ3n) is 5.16. The zero-order valence-corrected chi connectivity index (χ0v) is 14.5. The Morgan fingerprint density at radius 3 is 3.00 bits per heavy atom. The van der Waals surface area contributed by atoms with Crippen molar-refractivity contribution in [2.24, 2.45) is 5.41 Å². The molecule has 1 N–H and O–H groups in total. The molecule has 2 aliphatic heterocycles. The van der Waals surface area contributed by atoms with Gasteiger partial charge >= 0.3 is 0 Å². The lowest BCUT2D eigenvalue weighted by molar-refractivity contribution is -0.137. The van der Waals surface area contributed by atoms with Gasteiger partial charge < -0.3 is 14.4 Å². The van der Waals surface area contributed by atoms with Crippen molar-refractivity contribution in [1.29, 1.82) is 0 Å². The van der Waals surface area contributed by atoms with Gasteiger partial charge in [0, 0.05) is 25.7 Å². The first kappa shape index (κ1) is 16.0. The van der Waals surface area contributed by atoms with Crippen molar-refractivity contribution in [3.05, 3.63) is 41.7 Å². The van der Waals surface area contributed by atoms with E-state index in [4.69, 9.17) is 9.47 Å². The van der Waals surface area contributed by atoms with Crippen LogP contribution in [0.15, 0.2) is 30.6 Å². The molecule has 1 amide bonds. The molecule has 0 radical (unpaired) electrons. The SMILES string of the molecule is C[C@@]1(Cc2ccc3c(c2)OCO3)CCC(=O)N(CCc2cn[nH]c2)C1. The van der Waals surface area contributed by atoms with Crippen LogP contribution in [0.5, 0.6) is 11.5 Å². The molecule has 0 bridgehead atoms. The molecule has 1 saturated heterocycles. The standard InChI is InChI=1S/C19H23N3O3/c1-19(9-14-2-3-16-17(8-14)25-13-24-16)6-4-18(23)22(12-19)7-5-15-10-20-21-11-15/h2-3,8,10-11H,4-7,9,12-13H2,1H3,(H,20,21)/t19-/m0/s1. The Balaban J connectivity index is 1.42. The Kier molecular flexibility index (Phi) is 4.11. The summed E-state index contributed by atoms with van der Waals surface area (Å²) < 4.78 is 10.9. The van der Waals surface area contributed by atoms with Gasteiger partial charge in [0.2, 0.25) is 12.7 Å². The number of rotatable bonds is 5. The number of amides is 1. The maximum absolute atomic E-state index is 12.3. The molecule has 1 aromatic heterocycles. The molecule has 0 unspecified atom stereocenters. The smallest absolute Gasteiger partial charge is 0.231 e. The summed E-state index contributed by atoms with van der Waals surface area (Å²) in [5, 5.41) is 6.79. The molecular formula is C19H23N3O3. The fourth-order valence-electron chi connectivity index (χ4n) is 3.76. The molecule has 132 valence electrons. The highest BCUT2D eigenvalue weighted by molar-refractivity contribution is 5.77. The Bertz CT molecular complexity index is 759. The number of nitrogens with zero attached hydrogens (tertiary/aromatic N) is 2. The van der Waals surface area contributed by atoms with Crippen LogP contribution in [0.25, 0.3) is 0 Å². The molecule has 0 saturated carbocycles. The van der Waals surface area contributed by atoms with E-state index in [-0.39, 0.29) is 11.3 Å². The van der Waals surface area contributed by atoms with Gasteiger partial charge in [-0.15, -0.1) is 0 Å². The minimum Gasteiger partial charge on any atom is -0.454 e. The first-order chi connectivity index (χ1) is 12.1. The minimum atomic E-state index is 0.0814. The number of likely N-dealkylation sites (tertiary alicyclic amines) is 1. The Morgan fingerprint density at radius 1 is 1.28 bits per heavy atom. The van der Waals surface area contributed by atoms with Gasteiger partial charge in [-0.1, -0.05) is 13.0 Å². The molecule has 6 nitrogen and oxygen atoms in total. The summed E-state index contributed by atoms with van der Waals surface area (Å²) in [6.45, 7) is 4.11. The number of H-pyrrole nitrogens is 1. The molecule has 6 heteroatoms. The van der Waals surface area contributed by atoms with Gasteiger partial charge in [0.1, 0.15) is 0 Å². The Hall–Kier alpha value is -2.50. The van der Waals surface area contributed by atoms with Crippen molar-refractivity contribution in [2.45, 2.75) is 32.6 Å². The van der Waals surface area contributed by atoms with E-state index in [9.17, 15) is 4.79 Å². The largest absolute Gasteiger partial charge is 0.454 e. The quantitative estimate of drug-likeness (QED) is 0.907. The molecule has 3 heterocycles. The molecule has 0 spiro atoms. The van der Waals surface area contributed by atoms with E-state index in [2.05, 4.69) is 29.3 Å². The summed E-state index contributed by atoms with van der Waals surface area (Å²) in [5.74, 6) is 1.89. The number of carbonyl (C=O) groups excluding carboxylic acids is 1. The summed E-state index contributed by atoms with van der Waals surface area (Å²) in [7, 11) is 0. The predicted octanol–water partition coefficient (Wildman–Crippen LogP) is 2.55. The van der Waals surface area contributed by atoms with Crippen LogP contribution < -0.4 is 9.47 Å². The number of aromatic nitrogens is 2. The number of ether oxygens (including phenoxy) is 2. The summed E-state index contributed by atoms with van der Waals surface area (Å²) in [6.07, 6.45) is 7.01. The van der Waals surface area contributed by atoms with E-state index in [1.54, 1.807) is 0 Å². The molecule has 1 aromatic carbocycles. The first-order valence-corrected chi connectivity index (χ1v) is 8.75. The molecule has 2 aliphatic rings. The molecule has 1 atom stereocenters. The van der Waals surface area contributed by atoms with E-state index in [0.29, 0.717) is 13.2 Å². The second-order valence-corrected chi connectivity index (χ2v) is 7.35. The molecule has 25 heavy (non-hydrogen) atoms. The number of fused-ring (bicyclic) bond motifs is 1. The van der Waals surface area contributed by atoms with Gasteiger partial charge in [0.25, 0.3) is 0 Å². The van der Waals surface area contributed by atoms with Crippen LogP contribution in [-0.4, -0.2) is 40.9 Å². The first-order valence-electron chi connectivity index (χ1n) is 8.75. The highest BCUT2D eigenvalue weighted by Gasteiger charge is 2.35. The third-order valence-corrected chi connectivity index (χ3v) is 5.16. The van der Waals surface area contributed by atoms with Crippen molar-refractivity contribution in [3.8, 4) is 11.5 Å². The van der Waals surface area contributed by atoms with Crippen LogP contribution in [0.1, 0.15) is 30.9 Å². The van der Waals surface area contributed by atoms with Gasteiger partial charge in [-0.3, -0.25) is 9.89 Å². The lowest BCUT2D eigenvalue weighted by Crippen LogP contribution is -2.46. The summed E-state index contributed by atoms with van der Waals surface area (Å²) in [5.41, 5.74) is 2.45. The van der Waals surface area contributed by atoms with Gasteiger partial charge in [0.05, 0.1) is 6.20 Å². The fraction of sp³-hybridized carbons (Fsp3) is 0.474. The highest BCUT2D eigenvalue weighted by atomic mass is 16.7. The van der Waals surface area contributed by atoms with Crippen molar-refractivity contribution >= 4 is 5.91 Å². The second-order valence-electron chi connectivity index (χ2n) is 7.35. The fourth-order valence-corrected chi connectivity index (χ4v) is 3.76. The molecule has 1 fully saturated rings. The van der Waals surface area contributed by atoms with Gasteiger partial charge in [-0.25, -0.2) is 0 Å². The van der Waals surface area contributed by atoms with E-state index in [0.717, 1.165) is 49.4 Å². The topological polar surface area (TPSA) is 67.5 Å². The van der Waals surface area contributed by atoms with E-state index >= 15 is 0 Å². The van der Waals surface area contributed by atoms with Gasteiger partial charge in [-0.2, -0.15) is 5.10 Å². The van der Waals surface area contributed by atoms with Crippen molar-refractivity contribution in [3.63, 3.8) is 0 Å². The zero-order chi connectivity index (χ0) is 17.3. The number of aromatic amines is 1. The monoisotopic (exact) mass is 341 g/mol. The Labute approximate surface area is 147 Å². The predicted molar refractivity (Wildman–Crippen MR) is 92.5 cm³/mol.